The largest absolute Gasteiger partial charge is 0.497 e. The minimum atomic E-state index is -0.0539. The first-order chi connectivity index (χ1) is 14.7. The van der Waals surface area contributed by atoms with Gasteiger partial charge in [0.1, 0.15) is 16.4 Å². The van der Waals surface area contributed by atoms with E-state index in [1.807, 2.05) is 36.6 Å². The summed E-state index contributed by atoms with van der Waals surface area (Å²) in [6.07, 6.45) is 6.40. The molecule has 3 heterocycles. The van der Waals surface area contributed by atoms with Crippen LogP contribution < -0.4 is 15.0 Å². The second kappa shape index (κ2) is 9.66. The van der Waals surface area contributed by atoms with Gasteiger partial charge in [-0.25, -0.2) is 9.97 Å². The van der Waals surface area contributed by atoms with Crippen LogP contribution in [0, 0.1) is 0 Å². The predicted molar refractivity (Wildman–Crippen MR) is 124 cm³/mol. The molecule has 4 rings (SSSR count). The average Bonchev–Trinajstić information content (AvgIpc) is 3.23. The van der Waals surface area contributed by atoms with E-state index >= 15 is 0 Å². The number of nitrogens with zero attached hydrogens (tertiary/aromatic N) is 3. The highest BCUT2D eigenvalue weighted by Gasteiger charge is 2.20. The van der Waals surface area contributed by atoms with Gasteiger partial charge in [-0.2, -0.15) is 0 Å². The fourth-order valence-electron chi connectivity index (χ4n) is 3.64. The molecular formula is C22H26N4O2S2. The van der Waals surface area contributed by atoms with Gasteiger partial charge >= 0.3 is 0 Å². The molecule has 6 nitrogen and oxygen atoms in total. The van der Waals surface area contributed by atoms with Gasteiger partial charge in [0.05, 0.1) is 17.4 Å². The average molecular weight is 443 g/mol. The molecule has 30 heavy (non-hydrogen) atoms. The second-order valence-electron chi connectivity index (χ2n) is 7.27. The maximum absolute atomic E-state index is 12.8. The molecule has 0 saturated carbocycles. The summed E-state index contributed by atoms with van der Waals surface area (Å²) in [7, 11) is 1.66. The predicted octanol–water partition coefficient (Wildman–Crippen LogP) is 4.38. The number of thiophene rings is 1. The second-order valence-corrected chi connectivity index (χ2v) is 9.07. The van der Waals surface area contributed by atoms with Gasteiger partial charge in [0.25, 0.3) is 5.91 Å². The Hall–Kier alpha value is -2.32. The highest BCUT2D eigenvalue weighted by atomic mass is 32.2. The van der Waals surface area contributed by atoms with Crippen LogP contribution in [0.3, 0.4) is 0 Å². The molecular weight excluding hydrogens is 416 g/mol. The maximum Gasteiger partial charge on any atom is 0.261 e. The number of methoxy groups -OCH3 is 1. The minimum absolute atomic E-state index is 0.0539. The Kier molecular flexibility index (Phi) is 6.74. The van der Waals surface area contributed by atoms with Gasteiger partial charge < -0.3 is 15.0 Å². The lowest BCUT2D eigenvalue weighted by atomic mass is 10.1. The fourth-order valence-corrected chi connectivity index (χ4v) is 5.00. The molecule has 8 heteroatoms. The van der Waals surface area contributed by atoms with Crippen molar-refractivity contribution in [2.45, 2.75) is 30.8 Å². The molecule has 1 amide bonds. The van der Waals surface area contributed by atoms with E-state index in [2.05, 4.69) is 15.2 Å². The molecule has 158 valence electrons. The Morgan fingerprint density at radius 2 is 1.97 bits per heavy atom. The number of rotatable bonds is 7. The third-order valence-corrected chi connectivity index (χ3v) is 6.85. The molecule has 1 saturated heterocycles. The quantitative estimate of drug-likeness (QED) is 0.433. The Morgan fingerprint density at radius 1 is 1.20 bits per heavy atom. The van der Waals surface area contributed by atoms with E-state index in [-0.39, 0.29) is 5.91 Å². The number of aromatic nitrogens is 2. The van der Waals surface area contributed by atoms with Crippen LogP contribution in [0.25, 0.3) is 10.2 Å². The zero-order valence-corrected chi connectivity index (χ0v) is 18.9. The van der Waals surface area contributed by atoms with Crippen LogP contribution >= 0.6 is 23.1 Å². The van der Waals surface area contributed by atoms with Crippen molar-refractivity contribution in [1.29, 1.82) is 0 Å². The van der Waals surface area contributed by atoms with Crippen molar-refractivity contribution in [1.82, 2.24) is 15.3 Å². The number of amides is 1. The normalized spacial score (nSPS) is 14.1. The minimum Gasteiger partial charge on any atom is -0.497 e. The molecule has 0 atom stereocenters. The van der Waals surface area contributed by atoms with Crippen molar-refractivity contribution >= 4 is 45.0 Å². The molecule has 1 aliphatic rings. The lowest BCUT2D eigenvalue weighted by Crippen LogP contribution is -2.30. The van der Waals surface area contributed by atoms with E-state index in [0.717, 1.165) is 52.0 Å². The van der Waals surface area contributed by atoms with Gasteiger partial charge in [-0.3, -0.25) is 4.79 Å². The van der Waals surface area contributed by atoms with E-state index in [4.69, 9.17) is 9.72 Å². The van der Waals surface area contributed by atoms with Crippen LogP contribution in [-0.2, 0) is 6.42 Å². The summed E-state index contributed by atoms with van der Waals surface area (Å²) >= 11 is 2.99. The van der Waals surface area contributed by atoms with Gasteiger partial charge in [-0.1, -0.05) is 23.9 Å². The number of carbonyl (C=O) groups is 1. The van der Waals surface area contributed by atoms with E-state index in [1.54, 1.807) is 18.9 Å². The zero-order chi connectivity index (χ0) is 20.9. The molecule has 0 unspecified atom stereocenters. The number of carbonyl (C=O) groups excluding carboxylic acids is 1. The van der Waals surface area contributed by atoms with Crippen molar-refractivity contribution in [2.24, 2.45) is 0 Å². The third-order valence-electron chi connectivity index (χ3n) is 5.27. The number of fused-ring (bicyclic) bond motifs is 1. The Labute approximate surface area is 185 Å². The molecule has 3 aromatic rings. The standard InChI is InChI=1S/C22H26N4O2S2/c1-28-16-8-6-15(7-9-16)10-11-23-20(27)18-14-17-19(26-12-4-3-5-13-26)24-22(29-2)25-21(17)30-18/h6-9,14H,3-5,10-13H2,1-2H3,(H,23,27). The van der Waals surface area contributed by atoms with Crippen molar-refractivity contribution in [3.63, 3.8) is 0 Å². The highest BCUT2D eigenvalue weighted by Crippen LogP contribution is 2.33. The summed E-state index contributed by atoms with van der Waals surface area (Å²) in [5.74, 6) is 1.75. The number of hydrogen-bond donors (Lipinski definition) is 1. The molecule has 2 aromatic heterocycles. The van der Waals surface area contributed by atoms with Gasteiger partial charge in [-0.05, 0) is 55.7 Å². The zero-order valence-electron chi connectivity index (χ0n) is 17.3. The smallest absolute Gasteiger partial charge is 0.261 e. The monoisotopic (exact) mass is 442 g/mol. The number of thioether (sulfide) groups is 1. The third kappa shape index (κ3) is 4.70. The first-order valence-corrected chi connectivity index (χ1v) is 12.2. The molecule has 0 spiro atoms. The van der Waals surface area contributed by atoms with Gasteiger partial charge in [0.2, 0.25) is 0 Å². The fraction of sp³-hybridized carbons (Fsp3) is 0.409. The van der Waals surface area contributed by atoms with Crippen molar-refractivity contribution < 1.29 is 9.53 Å². The van der Waals surface area contributed by atoms with Crippen molar-refractivity contribution in [3.8, 4) is 5.75 Å². The highest BCUT2D eigenvalue weighted by molar-refractivity contribution is 7.98. The summed E-state index contributed by atoms with van der Waals surface area (Å²) in [6, 6.07) is 9.88. The molecule has 1 fully saturated rings. The van der Waals surface area contributed by atoms with Crippen LogP contribution in [0.4, 0.5) is 5.82 Å². The van der Waals surface area contributed by atoms with Crippen molar-refractivity contribution in [2.75, 3.05) is 37.9 Å². The summed E-state index contributed by atoms with van der Waals surface area (Å²) in [4.78, 5) is 26.1. The lowest BCUT2D eigenvalue weighted by Gasteiger charge is -2.28. The molecule has 1 aliphatic heterocycles. The van der Waals surface area contributed by atoms with E-state index in [9.17, 15) is 4.79 Å². The van der Waals surface area contributed by atoms with E-state index in [0.29, 0.717) is 11.4 Å². The van der Waals surface area contributed by atoms with Gasteiger partial charge in [-0.15, -0.1) is 11.3 Å². The molecule has 0 aliphatic carbocycles. The van der Waals surface area contributed by atoms with E-state index < -0.39 is 0 Å². The van der Waals surface area contributed by atoms with Crippen LogP contribution in [0.5, 0.6) is 5.75 Å². The summed E-state index contributed by atoms with van der Waals surface area (Å²) < 4.78 is 5.18. The summed E-state index contributed by atoms with van der Waals surface area (Å²) in [6.45, 7) is 2.61. The molecule has 0 bridgehead atoms. The topological polar surface area (TPSA) is 67.3 Å². The van der Waals surface area contributed by atoms with Gasteiger partial charge in [0, 0.05) is 19.6 Å². The molecule has 1 aromatic carbocycles. The number of hydrogen-bond acceptors (Lipinski definition) is 7. The Bertz CT molecular complexity index is 1010. The van der Waals surface area contributed by atoms with Crippen LogP contribution in [0.1, 0.15) is 34.5 Å². The first-order valence-electron chi connectivity index (χ1n) is 10.2. The summed E-state index contributed by atoms with van der Waals surface area (Å²) in [5, 5.41) is 4.78. The lowest BCUT2D eigenvalue weighted by molar-refractivity contribution is 0.0958. The van der Waals surface area contributed by atoms with E-state index in [1.165, 1.54) is 30.6 Å². The molecule has 0 radical (unpaired) electrons. The van der Waals surface area contributed by atoms with Crippen molar-refractivity contribution in [3.05, 3.63) is 40.8 Å². The number of ether oxygens (including phenoxy) is 1. The van der Waals surface area contributed by atoms with Crippen LogP contribution in [0.2, 0.25) is 0 Å². The number of benzene rings is 1. The number of piperidine rings is 1. The Balaban J connectivity index is 1.48. The SMILES string of the molecule is COc1ccc(CCNC(=O)c2cc3c(N4CCCCC4)nc(SC)nc3s2)cc1. The van der Waals surface area contributed by atoms with Crippen LogP contribution in [-0.4, -0.2) is 48.9 Å². The van der Waals surface area contributed by atoms with Gasteiger partial charge in [0.15, 0.2) is 5.16 Å². The number of nitrogens with one attached hydrogen (secondary N) is 1. The first kappa shape index (κ1) is 20.9. The summed E-state index contributed by atoms with van der Waals surface area (Å²) in [5.41, 5.74) is 1.16. The Morgan fingerprint density at radius 3 is 2.67 bits per heavy atom. The van der Waals surface area contributed by atoms with Crippen LogP contribution in [0.15, 0.2) is 35.5 Å². The molecule has 1 N–H and O–H groups in total. The number of anilines is 1. The maximum atomic E-state index is 12.8.